The van der Waals surface area contributed by atoms with E-state index in [1.54, 1.807) is 30.9 Å². The van der Waals surface area contributed by atoms with Crippen molar-refractivity contribution in [1.29, 1.82) is 0 Å². The van der Waals surface area contributed by atoms with Gasteiger partial charge in [0.1, 0.15) is 12.7 Å². The van der Waals surface area contributed by atoms with Crippen LogP contribution in [0.4, 0.5) is 0 Å². The van der Waals surface area contributed by atoms with Gasteiger partial charge >= 0.3 is 11.9 Å². The van der Waals surface area contributed by atoms with Crippen LogP contribution >= 0.6 is 0 Å². The average Bonchev–Trinajstić information content (AvgIpc) is 3.04. The molecular weight excluding hydrogens is 326 g/mol. The SMILES string of the molecule is C/C=C1\CC(C)C(C)(O)C(=O)OCC2=CCN3CCC(OC1=O)C23O. The molecule has 7 heteroatoms. The number of carbonyl (C=O) groups excluding carboxylic acids is 2. The van der Waals surface area contributed by atoms with E-state index in [2.05, 4.69) is 0 Å². The molecule has 3 heterocycles. The Labute approximate surface area is 146 Å². The molecule has 2 N–H and O–H groups in total. The van der Waals surface area contributed by atoms with Crippen molar-refractivity contribution in [3.05, 3.63) is 23.3 Å². The Morgan fingerprint density at radius 3 is 2.76 bits per heavy atom. The zero-order chi connectivity index (χ0) is 18.4. The normalized spacial score (nSPS) is 41.5. The van der Waals surface area contributed by atoms with E-state index < -0.39 is 35.3 Å². The molecule has 0 radical (unpaired) electrons. The average molecular weight is 351 g/mol. The third-order valence-corrected chi connectivity index (χ3v) is 5.74. The maximum Gasteiger partial charge on any atom is 0.338 e. The molecule has 25 heavy (non-hydrogen) atoms. The molecule has 3 rings (SSSR count). The van der Waals surface area contributed by atoms with Crippen LogP contribution in [-0.4, -0.2) is 64.2 Å². The van der Waals surface area contributed by atoms with Crippen LogP contribution in [0.2, 0.25) is 0 Å². The second-order valence-electron chi connectivity index (χ2n) is 7.23. The zero-order valence-electron chi connectivity index (χ0n) is 14.8. The van der Waals surface area contributed by atoms with Crippen molar-refractivity contribution in [1.82, 2.24) is 4.90 Å². The summed E-state index contributed by atoms with van der Waals surface area (Å²) in [7, 11) is 0. The standard InChI is InChI=1S/C18H25NO6/c1-4-12-9-11(2)17(3,22)16(21)24-10-13-5-7-19-8-6-14(18(13,19)23)25-15(12)20/h4-5,11,14,22-23H,6-10H2,1-3H3/b12-4+. The van der Waals surface area contributed by atoms with Crippen LogP contribution in [-0.2, 0) is 19.1 Å². The van der Waals surface area contributed by atoms with E-state index in [1.807, 2.05) is 0 Å². The number of ether oxygens (including phenoxy) is 2. The van der Waals surface area contributed by atoms with Crippen molar-refractivity contribution in [2.45, 2.75) is 51.0 Å². The molecule has 2 saturated heterocycles. The lowest BCUT2D eigenvalue weighted by Gasteiger charge is -2.36. The molecule has 138 valence electrons. The van der Waals surface area contributed by atoms with Gasteiger partial charge in [-0.1, -0.05) is 19.1 Å². The Morgan fingerprint density at radius 1 is 1.36 bits per heavy atom. The lowest BCUT2D eigenvalue weighted by Crippen LogP contribution is -2.52. The Balaban J connectivity index is 1.97. The fourth-order valence-electron chi connectivity index (χ4n) is 3.71. The third-order valence-electron chi connectivity index (χ3n) is 5.74. The molecule has 4 unspecified atom stereocenters. The first-order valence-corrected chi connectivity index (χ1v) is 8.64. The zero-order valence-corrected chi connectivity index (χ0v) is 14.8. The van der Waals surface area contributed by atoms with E-state index >= 15 is 0 Å². The predicted molar refractivity (Wildman–Crippen MR) is 88.2 cm³/mol. The minimum Gasteiger partial charge on any atom is -0.459 e. The van der Waals surface area contributed by atoms with Crippen LogP contribution < -0.4 is 0 Å². The molecule has 3 aliphatic rings. The van der Waals surface area contributed by atoms with Gasteiger partial charge in [0.2, 0.25) is 0 Å². The van der Waals surface area contributed by atoms with E-state index in [-0.39, 0.29) is 13.0 Å². The van der Waals surface area contributed by atoms with E-state index in [4.69, 9.17) is 9.47 Å². The van der Waals surface area contributed by atoms with Gasteiger partial charge in [-0.15, -0.1) is 0 Å². The second-order valence-corrected chi connectivity index (χ2v) is 7.23. The number of hydrogen-bond acceptors (Lipinski definition) is 7. The summed E-state index contributed by atoms with van der Waals surface area (Å²) in [5.41, 5.74) is -2.34. The summed E-state index contributed by atoms with van der Waals surface area (Å²) in [4.78, 5) is 26.8. The van der Waals surface area contributed by atoms with Gasteiger partial charge in [-0.2, -0.15) is 0 Å². The number of carbonyl (C=O) groups is 2. The summed E-state index contributed by atoms with van der Waals surface area (Å²) >= 11 is 0. The molecule has 0 aliphatic carbocycles. The van der Waals surface area contributed by atoms with Gasteiger partial charge in [-0.3, -0.25) is 4.90 Å². The Morgan fingerprint density at radius 2 is 2.08 bits per heavy atom. The van der Waals surface area contributed by atoms with E-state index in [9.17, 15) is 19.8 Å². The second kappa shape index (κ2) is 6.23. The van der Waals surface area contributed by atoms with Crippen molar-refractivity contribution >= 4 is 11.9 Å². The van der Waals surface area contributed by atoms with Gasteiger partial charge < -0.3 is 19.7 Å². The van der Waals surface area contributed by atoms with E-state index in [0.29, 0.717) is 30.7 Å². The highest BCUT2D eigenvalue weighted by Crippen LogP contribution is 2.41. The van der Waals surface area contributed by atoms with Gasteiger partial charge in [-0.25, -0.2) is 9.59 Å². The van der Waals surface area contributed by atoms with Crippen molar-refractivity contribution in [3.8, 4) is 0 Å². The number of rotatable bonds is 0. The van der Waals surface area contributed by atoms with Gasteiger partial charge in [0, 0.05) is 30.7 Å². The first kappa shape index (κ1) is 18.1. The highest BCUT2D eigenvalue weighted by molar-refractivity contribution is 5.89. The monoisotopic (exact) mass is 351 g/mol. The van der Waals surface area contributed by atoms with Crippen LogP contribution in [0.3, 0.4) is 0 Å². The van der Waals surface area contributed by atoms with Crippen LogP contribution in [0, 0.1) is 5.92 Å². The predicted octanol–water partition coefficient (Wildman–Crippen LogP) is 0.513. The summed E-state index contributed by atoms with van der Waals surface area (Å²) in [5, 5.41) is 21.7. The number of esters is 2. The topological polar surface area (TPSA) is 96.3 Å². The molecule has 2 fully saturated rings. The fraction of sp³-hybridized carbons (Fsp3) is 0.667. The summed E-state index contributed by atoms with van der Waals surface area (Å²) in [6, 6.07) is 0. The molecule has 0 saturated carbocycles. The summed E-state index contributed by atoms with van der Waals surface area (Å²) in [5.74, 6) is -1.82. The molecule has 3 aliphatic heterocycles. The summed E-state index contributed by atoms with van der Waals surface area (Å²) < 4.78 is 10.9. The molecule has 0 bridgehead atoms. The van der Waals surface area contributed by atoms with Crippen LogP contribution in [0.5, 0.6) is 0 Å². The molecule has 0 spiro atoms. The van der Waals surface area contributed by atoms with Crippen LogP contribution in [0.25, 0.3) is 0 Å². The largest absolute Gasteiger partial charge is 0.459 e. The minimum atomic E-state index is -1.75. The van der Waals surface area contributed by atoms with Crippen molar-refractivity contribution < 1.29 is 29.3 Å². The van der Waals surface area contributed by atoms with E-state index in [1.165, 1.54) is 6.92 Å². The molecule has 4 atom stereocenters. The Hall–Kier alpha value is -1.70. The maximum absolute atomic E-state index is 12.6. The van der Waals surface area contributed by atoms with Gasteiger partial charge in [0.25, 0.3) is 0 Å². The minimum absolute atomic E-state index is 0.140. The number of hydrogen-bond donors (Lipinski definition) is 2. The molecule has 0 amide bonds. The first-order chi connectivity index (χ1) is 11.7. The van der Waals surface area contributed by atoms with Crippen molar-refractivity contribution in [2.75, 3.05) is 19.7 Å². The third kappa shape index (κ3) is 2.80. The highest BCUT2D eigenvalue weighted by Gasteiger charge is 2.55. The fourth-order valence-corrected chi connectivity index (χ4v) is 3.71. The molecule has 0 aromatic carbocycles. The number of cyclic esters (lactones) is 1. The van der Waals surface area contributed by atoms with Crippen LogP contribution in [0.1, 0.15) is 33.6 Å². The first-order valence-electron chi connectivity index (χ1n) is 8.64. The van der Waals surface area contributed by atoms with Crippen molar-refractivity contribution in [3.63, 3.8) is 0 Å². The van der Waals surface area contributed by atoms with Gasteiger partial charge in [-0.05, 0) is 26.2 Å². The lowest BCUT2D eigenvalue weighted by molar-refractivity contribution is -0.175. The Kier molecular flexibility index (Phi) is 4.51. The number of nitrogens with zero attached hydrogens (tertiary/aromatic N) is 1. The van der Waals surface area contributed by atoms with E-state index in [0.717, 1.165) is 0 Å². The smallest absolute Gasteiger partial charge is 0.338 e. The maximum atomic E-state index is 12.6. The highest BCUT2D eigenvalue weighted by atomic mass is 16.6. The van der Waals surface area contributed by atoms with Crippen LogP contribution in [0.15, 0.2) is 23.3 Å². The van der Waals surface area contributed by atoms with Crippen molar-refractivity contribution in [2.24, 2.45) is 5.92 Å². The molecule has 7 nitrogen and oxygen atoms in total. The van der Waals surface area contributed by atoms with Gasteiger partial charge in [0.15, 0.2) is 11.3 Å². The molecule has 0 aromatic heterocycles. The van der Waals surface area contributed by atoms with Gasteiger partial charge in [0.05, 0.1) is 0 Å². The Bertz CT molecular complexity index is 652. The molecule has 0 aromatic rings. The number of aliphatic hydroxyl groups is 2. The lowest BCUT2D eigenvalue weighted by atomic mass is 9.85. The quantitative estimate of drug-likeness (QED) is 0.373. The molecular formula is C18H25NO6. The number of allylic oxidation sites excluding steroid dienone is 1. The summed E-state index contributed by atoms with van der Waals surface area (Å²) in [6.07, 6.45) is 3.38. The summed E-state index contributed by atoms with van der Waals surface area (Å²) in [6.45, 7) is 5.72.